The van der Waals surface area contributed by atoms with Crippen molar-refractivity contribution in [2.24, 2.45) is 17.8 Å². The van der Waals surface area contributed by atoms with Crippen molar-refractivity contribution in [2.75, 3.05) is 6.61 Å². The highest BCUT2D eigenvalue weighted by molar-refractivity contribution is 4.96. The van der Waals surface area contributed by atoms with Crippen LogP contribution in [0.1, 0.15) is 52.4 Å². The van der Waals surface area contributed by atoms with Gasteiger partial charge in [0.05, 0.1) is 6.10 Å². The van der Waals surface area contributed by atoms with Gasteiger partial charge in [-0.1, -0.05) is 13.8 Å². The molecule has 2 saturated carbocycles. The molecule has 0 spiro atoms. The molecule has 0 radical (unpaired) electrons. The van der Waals surface area contributed by atoms with Crippen molar-refractivity contribution in [1.82, 2.24) is 5.32 Å². The van der Waals surface area contributed by atoms with Crippen LogP contribution in [0.5, 0.6) is 0 Å². The fraction of sp³-hybridized carbons (Fsp3) is 1.00. The normalized spacial score (nSPS) is 47.3. The lowest BCUT2D eigenvalue weighted by Gasteiger charge is -2.36. The van der Waals surface area contributed by atoms with Crippen LogP contribution >= 0.6 is 0 Å². The summed E-state index contributed by atoms with van der Waals surface area (Å²) in [6, 6.07) is 1.41. The van der Waals surface area contributed by atoms with Gasteiger partial charge in [0.25, 0.3) is 0 Å². The Bertz CT molecular complexity index is 264. The first-order chi connectivity index (χ1) is 8.24. The van der Waals surface area contributed by atoms with E-state index in [1.54, 1.807) is 0 Å². The number of ether oxygens (including phenoxy) is 1. The monoisotopic (exact) mass is 237 g/mol. The van der Waals surface area contributed by atoms with Gasteiger partial charge < -0.3 is 10.1 Å². The van der Waals surface area contributed by atoms with Gasteiger partial charge in [-0.05, 0) is 56.3 Å². The minimum absolute atomic E-state index is 0.543. The molecule has 17 heavy (non-hydrogen) atoms. The van der Waals surface area contributed by atoms with E-state index in [0.717, 1.165) is 30.4 Å². The van der Waals surface area contributed by atoms with Gasteiger partial charge in [0.15, 0.2) is 0 Å². The Kier molecular flexibility index (Phi) is 3.45. The van der Waals surface area contributed by atoms with Crippen LogP contribution in [-0.4, -0.2) is 24.8 Å². The van der Waals surface area contributed by atoms with E-state index in [2.05, 4.69) is 19.2 Å². The molecular weight excluding hydrogens is 210 g/mol. The average Bonchev–Trinajstić information content (AvgIpc) is 3.03. The molecule has 98 valence electrons. The third-order valence-electron chi connectivity index (χ3n) is 5.08. The highest BCUT2D eigenvalue weighted by Crippen LogP contribution is 2.39. The molecule has 0 aromatic heterocycles. The van der Waals surface area contributed by atoms with Crippen molar-refractivity contribution in [3.05, 3.63) is 0 Å². The van der Waals surface area contributed by atoms with Gasteiger partial charge in [-0.3, -0.25) is 0 Å². The maximum atomic E-state index is 5.92. The molecule has 5 atom stereocenters. The van der Waals surface area contributed by atoms with Gasteiger partial charge in [-0.2, -0.15) is 0 Å². The zero-order valence-corrected chi connectivity index (χ0v) is 11.3. The molecule has 5 unspecified atom stereocenters. The summed E-state index contributed by atoms with van der Waals surface area (Å²) in [7, 11) is 0. The summed E-state index contributed by atoms with van der Waals surface area (Å²) < 4.78 is 5.92. The quantitative estimate of drug-likeness (QED) is 0.815. The van der Waals surface area contributed by atoms with Crippen LogP contribution in [0.25, 0.3) is 0 Å². The maximum absolute atomic E-state index is 5.92. The van der Waals surface area contributed by atoms with E-state index in [9.17, 15) is 0 Å². The van der Waals surface area contributed by atoms with Crippen LogP contribution < -0.4 is 5.32 Å². The fourth-order valence-corrected chi connectivity index (χ4v) is 3.87. The molecule has 3 fully saturated rings. The summed E-state index contributed by atoms with van der Waals surface area (Å²) in [5, 5.41) is 3.93. The zero-order chi connectivity index (χ0) is 11.8. The molecule has 0 amide bonds. The van der Waals surface area contributed by atoms with Crippen LogP contribution in [-0.2, 0) is 4.74 Å². The molecule has 3 rings (SSSR count). The first-order valence-corrected chi connectivity index (χ1v) is 7.61. The summed E-state index contributed by atoms with van der Waals surface area (Å²) in [4.78, 5) is 0. The Morgan fingerprint density at radius 3 is 2.47 bits per heavy atom. The molecule has 2 heteroatoms. The van der Waals surface area contributed by atoms with E-state index in [0.29, 0.717) is 12.1 Å². The van der Waals surface area contributed by atoms with Crippen LogP contribution in [0.2, 0.25) is 0 Å². The lowest BCUT2D eigenvalue weighted by molar-refractivity contribution is 0.0739. The highest BCUT2D eigenvalue weighted by Gasteiger charge is 2.41. The Labute approximate surface area is 105 Å². The second-order valence-electron chi connectivity index (χ2n) is 6.74. The van der Waals surface area contributed by atoms with Gasteiger partial charge >= 0.3 is 0 Å². The summed E-state index contributed by atoms with van der Waals surface area (Å²) in [6.45, 7) is 5.81. The van der Waals surface area contributed by atoms with Crippen molar-refractivity contribution in [2.45, 2.75) is 70.6 Å². The second kappa shape index (κ2) is 4.89. The summed E-state index contributed by atoms with van der Waals surface area (Å²) >= 11 is 0. The zero-order valence-electron chi connectivity index (χ0n) is 11.3. The summed E-state index contributed by atoms with van der Waals surface area (Å²) in [5.41, 5.74) is 0. The number of rotatable bonds is 3. The largest absolute Gasteiger partial charge is 0.376 e. The smallest absolute Gasteiger partial charge is 0.0757 e. The minimum Gasteiger partial charge on any atom is -0.376 e. The SMILES string of the molecule is CC1CCC(NC2CCOC2C2CC2)C(C)C1. The van der Waals surface area contributed by atoms with Crippen molar-refractivity contribution in [1.29, 1.82) is 0 Å². The molecular formula is C15H27NO. The van der Waals surface area contributed by atoms with Crippen LogP contribution in [0.3, 0.4) is 0 Å². The number of hydrogen-bond acceptors (Lipinski definition) is 2. The third-order valence-corrected chi connectivity index (χ3v) is 5.08. The van der Waals surface area contributed by atoms with Crippen LogP contribution in [0.15, 0.2) is 0 Å². The van der Waals surface area contributed by atoms with Gasteiger partial charge in [-0.25, -0.2) is 0 Å². The molecule has 2 nitrogen and oxygen atoms in total. The van der Waals surface area contributed by atoms with Crippen LogP contribution in [0.4, 0.5) is 0 Å². The maximum Gasteiger partial charge on any atom is 0.0757 e. The predicted octanol–water partition coefficient (Wildman–Crippen LogP) is 2.97. The fourth-order valence-electron chi connectivity index (χ4n) is 3.87. The van der Waals surface area contributed by atoms with E-state index in [4.69, 9.17) is 4.74 Å². The van der Waals surface area contributed by atoms with E-state index in [1.165, 1.54) is 38.5 Å². The van der Waals surface area contributed by atoms with E-state index < -0.39 is 0 Å². The van der Waals surface area contributed by atoms with Crippen molar-refractivity contribution >= 4 is 0 Å². The lowest BCUT2D eigenvalue weighted by Crippen LogP contribution is -2.48. The minimum atomic E-state index is 0.543. The first kappa shape index (κ1) is 12.0. The number of nitrogens with one attached hydrogen (secondary N) is 1. The second-order valence-corrected chi connectivity index (χ2v) is 6.74. The molecule has 1 aliphatic heterocycles. The highest BCUT2D eigenvalue weighted by atomic mass is 16.5. The van der Waals surface area contributed by atoms with Crippen molar-refractivity contribution in [3.63, 3.8) is 0 Å². The molecule has 1 saturated heterocycles. The molecule has 0 aromatic carbocycles. The third kappa shape index (κ3) is 2.68. The standard InChI is InChI=1S/C15H27NO/c1-10-3-6-13(11(2)9-10)16-14-7-8-17-15(14)12-4-5-12/h10-16H,3-9H2,1-2H3. The Morgan fingerprint density at radius 2 is 1.76 bits per heavy atom. The summed E-state index contributed by atoms with van der Waals surface area (Å²) in [6.07, 6.45) is 8.76. The van der Waals surface area contributed by atoms with Crippen molar-refractivity contribution in [3.8, 4) is 0 Å². The topological polar surface area (TPSA) is 21.3 Å². The molecule has 0 aromatic rings. The van der Waals surface area contributed by atoms with Crippen LogP contribution in [0, 0.1) is 17.8 Å². The molecule has 1 heterocycles. The average molecular weight is 237 g/mol. The van der Waals surface area contributed by atoms with E-state index in [1.807, 2.05) is 0 Å². The van der Waals surface area contributed by atoms with Gasteiger partial charge in [-0.15, -0.1) is 0 Å². The summed E-state index contributed by atoms with van der Waals surface area (Å²) in [5.74, 6) is 2.66. The van der Waals surface area contributed by atoms with Crippen molar-refractivity contribution < 1.29 is 4.74 Å². The Hall–Kier alpha value is -0.0800. The molecule has 3 aliphatic rings. The van der Waals surface area contributed by atoms with Gasteiger partial charge in [0.1, 0.15) is 0 Å². The Balaban J connectivity index is 1.55. The molecule has 0 bridgehead atoms. The molecule has 1 N–H and O–H groups in total. The number of hydrogen-bond donors (Lipinski definition) is 1. The lowest BCUT2D eigenvalue weighted by atomic mass is 9.79. The predicted molar refractivity (Wildman–Crippen MR) is 70.0 cm³/mol. The van der Waals surface area contributed by atoms with E-state index >= 15 is 0 Å². The van der Waals surface area contributed by atoms with Gasteiger partial charge in [0, 0.05) is 18.7 Å². The van der Waals surface area contributed by atoms with Gasteiger partial charge in [0.2, 0.25) is 0 Å². The first-order valence-electron chi connectivity index (χ1n) is 7.61. The molecule has 2 aliphatic carbocycles. The Morgan fingerprint density at radius 1 is 0.941 bits per heavy atom. The van der Waals surface area contributed by atoms with E-state index in [-0.39, 0.29) is 0 Å².